The number of nitrogens with zero attached hydrogens (tertiary/aromatic N) is 3. The lowest BCUT2D eigenvalue weighted by atomic mass is 10.1. The maximum atomic E-state index is 6.32. The van der Waals surface area contributed by atoms with E-state index in [-0.39, 0.29) is 6.04 Å². The maximum absolute atomic E-state index is 6.32. The van der Waals surface area contributed by atoms with Crippen molar-refractivity contribution in [3.8, 4) is 0 Å². The van der Waals surface area contributed by atoms with E-state index in [9.17, 15) is 0 Å². The molecule has 0 aromatic heterocycles. The van der Waals surface area contributed by atoms with Gasteiger partial charge >= 0.3 is 0 Å². The Hall–Kier alpha value is -2.60. The molecule has 1 saturated heterocycles. The van der Waals surface area contributed by atoms with E-state index in [4.69, 9.17) is 11.6 Å². The molecule has 0 bridgehead atoms. The number of benzene rings is 1. The third-order valence-electron chi connectivity index (χ3n) is 5.31. The van der Waals surface area contributed by atoms with Crippen molar-refractivity contribution in [2.75, 3.05) is 26.2 Å². The van der Waals surface area contributed by atoms with E-state index < -0.39 is 0 Å². The van der Waals surface area contributed by atoms with E-state index in [2.05, 4.69) is 66.4 Å². The highest BCUT2D eigenvalue weighted by molar-refractivity contribution is 5.18. The number of rotatable bonds is 11. The van der Waals surface area contributed by atoms with E-state index in [0.717, 1.165) is 56.2 Å². The Morgan fingerprint density at radius 2 is 1.93 bits per heavy atom. The van der Waals surface area contributed by atoms with Gasteiger partial charge in [0.2, 0.25) is 0 Å². The lowest BCUT2D eigenvalue weighted by Gasteiger charge is -2.35. The van der Waals surface area contributed by atoms with Crippen LogP contribution in [0.4, 0.5) is 0 Å². The fourth-order valence-electron chi connectivity index (χ4n) is 3.74. The summed E-state index contributed by atoms with van der Waals surface area (Å²) in [5, 5.41) is 5.17. The Kier molecular flexibility index (Phi) is 8.26. The summed E-state index contributed by atoms with van der Waals surface area (Å²) >= 11 is 0. The van der Waals surface area contributed by atoms with Crippen molar-refractivity contribution in [1.82, 2.24) is 20.1 Å². The first kappa shape index (κ1) is 21.7. The van der Waals surface area contributed by atoms with Gasteiger partial charge in [-0.15, -0.1) is 0 Å². The van der Waals surface area contributed by atoms with Gasteiger partial charge in [-0.2, -0.15) is 0 Å². The Morgan fingerprint density at radius 3 is 2.54 bits per heavy atom. The lowest BCUT2D eigenvalue weighted by Crippen LogP contribution is -2.44. The minimum absolute atomic E-state index is 0.239. The van der Waals surface area contributed by atoms with Crippen molar-refractivity contribution in [1.29, 1.82) is 0 Å². The zero-order valence-corrected chi connectivity index (χ0v) is 17.4. The first-order chi connectivity index (χ1) is 13.5. The van der Waals surface area contributed by atoms with Gasteiger partial charge in [0.1, 0.15) is 5.82 Å². The van der Waals surface area contributed by atoms with Crippen LogP contribution in [0.2, 0.25) is 0 Å². The van der Waals surface area contributed by atoms with E-state index in [1.807, 2.05) is 6.07 Å². The highest BCUT2D eigenvalue weighted by atomic mass is 15.5. The van der Waals surface area contributed by atoms with Gasteiger partial charge in [-0.1, -0.05) is 43.5 Å². The minimum Gasteiger partial charge on any atom is -0.402 e. The molecule has 0 saturated carbocycles. The van der Waals surface area contributed by atoms with Crippen LogP contribution in [-0.4, -0.2) is 47.0 Å². The SMILES string of the molecule is C=C(NCc1ccccc1)C1CCCN1C(=C)CN(N)/C(=C\N)N(CC)CC. The second-order valence-electron chi connectivity index (χ2n) is 7.11. The molecule has 5 N–H and O–H groups in total. The smallest absolute Gasteiger partial charge is 0.134 e. The predicted octanol–water partition coefficient (Wildman–Crippen LogP) is 2.54. The lowest BCUT2D eigenvalue weighted by molar-refractivity contribution is 0.214. The molecule has 154 valence electrons. The first-order valence-corrected chi connectivity index (χ1v) is 10.1. The van der Waals surface area contributed by atoms with Gasteiger partial charge in [-0.25, -0.2) is 5.84 Å². The predicted molar refractivity (Wildman–Crippen MR) is 117 cm³/mol. The monoisotopic (exact) mass is 384 g/mol. The van der Waals surface area contributed by atoms with Crippen LogP contribution in [-0.2, 0) is 6.54 Å². The Labute approximate surface area is 170 Å². The molecule has 1 aromatic carbocycles. The summed E-state index contributed by atoms with van der Waals surface area (Å²) in [6, 6.07) is 10.6. The highest BCUT2D eigenvalue weighted by Crippen LogP contribution is 2.26. The van der Waals surface area contributed by atoms with Crippen LogP contribution in [0.5, 0.6) is 0 Å². The van der Waals surface area contributed by atoms with Crippen molar-refractivity contribution in [3.63, 3.8) is 0 Å². The number of hydrogen-bond acceptors (Lipinski definition) is 6. The molecule has 0 aliphatic carbocycles. The Bertz CT molecular complexity index is 665. The third-order valence-corrected chi connectivity index (χ3v) is 5.31. The van der Waals surface area contributed by atoms with Gasteiger partial charge in [0, 0.05) is 43.8 Å². The van der Waals surface area contributed by atoms with Crippen molar-refractivity contribution in [2.45, 2.75) is 39.3 Å². The van der Waals surface area contributed by atoms with Crippen molar-refractivity contribution < 1.29 is 0 Å². The number of nitrogens with one attached hydrogen (secondary N) is 1. The van der Waals surface area contributed by atoms with Crippen molar-refractivity contribution in [2.24, 2.45) is 11.6 Å². The number of nitrogens with two attached hydrogens (primary N) is 2. The van der Waals surface area contributed by atoms with Crippen LogP contribution in [0.25, 0.3) is 0 Å². The molecule has 1 aromatic rings. The van der Waals surface area contributed by atoms with Gasteiger partial charge in [0.05, 0.1) is 12.6 Å². The third kappa shape index (κ3) is 5.45. The molecular weight excluding hydrogens is 348 g/mol. The molecule has 1 atom stereocenters. The molecule has 0 amide bonds. The molecule has 1 aliphatic rings. The Morgan fingerprint density at radius 1 is 1.25 bits per heavy atom. The molecule has 1 heterocycles. The van der Waals surface area contributed by atoms with E-state index in [0.29, 0.717) is 6.54 Å². The molecule has 28 heavy (non-hydrogen) atoms. The van der Waals surface area contributed by atoms with Gasteiger partial charge in [0.15, 0.2) is 0 Å². The number of likely N-dealkylation sites (tertiary alicyclic amines) is 1. The number of hydrazine groups is 1. The summed E-state index contributed by atoms with van der Waals surface area (Å²) in [6.45, 7) is 16.8. The van der Waals surface area contributed by atoms with Crippen LogP contribution in [0.1, 0.15) is 32.3 Å². The molecule has 6 nitrogen and oxygen atoms in total. The normalized spacial score (nSPS) is 16.8. The summed E-state index contributed by atoms with van der Waals surface area (Å²) in [5.74, 6) is 7.15. The molecular formula is C22H36N6. The summed E-state index contributed by atoms with van der Waals surface area (Å²) < 4.78 is 0. The van der Waals surface area contributed by atoms with Crippen LogP contribution in [0.3, 0.4) is 0 Å². The highest BCUT2D eigenvalue weighted by Gasteiger charge is 2.28. The van der Waals surface area contributed by atoms with Gasteiger partial charge in [-0.3, -0.25) is 5.01 Å². The molecule has 0 spiro atoms. The first-order valence-electron chi connectivity index (χ1n) is 10.1. The zero-order valence-electron chi connectivity index (χ0n) is 17.4. The van der Waals surface area contributed by atoms with Crippen LogP contribution < -0.4 is 16.9 Å². The van der Waals surface area contributed by atoms with E-state index >= 15 is 0 Å². The largest absolute Gasteiger partial charge is 0.402 e. The average Bonchev–Trinajstić information content (AvgIpc) is 3.21. The fourth-order valence-corrected chi connectivity index (χ4v) is 3.74. The topological polar surface area (TPSA) is 73.8 Å². The summed E-state index contributed by atoms with van der Waals surface area (Å²) in [7, 11) is 0. The van der Waals surface area contributed by atoms with Gasteiger partial charge in [-0.05, 0) is 32.3 Å². The van der Waals surface area contributed by atoms with E-state index in [1.165, 1.54) is 5.56 Å². The average molecular weight is 385 g/mol. The van der Waals surface area contributed by atoms with Gasteiger partial charge in [0.25, 0.3) is 0 Å². The quantitative estimate of drug-likeness (QED) is 0.402. The molecule has 6 heteroatoms. The van der Waals surface area contributed by atoms with Crippen LogP contribution in [0, 0.1) is 0 Å². The summed E-state index contributed by atoms with van der Waals surface area (Å²) in [4.78, 5) is 4.45. The molecule has 2 rings (SSSR count). The fraction of sp³-hybridized carbons (Fsp3) is 0.455. The van der Waals surface area contributed by atoms with E-state index in [1.54, 1.807) is 11.2 Å². The van der Waals surface area contributed by atoms with Crippen molar-refractivity contribution >= 4 is 0 Å². The van der Waals surface area contributed by atoms with Crippen molar-refractivity contribution in [3.05, 3.63) is 72.5 Å². The maximum Gasteiger partial charge on any atom is 0.134 e. The standard InChI is InChI=1S/C22H36N6/c1-5-26(6-2)22(15-23)28(24)17-18(3)27-14-10-13-21(27)19(4)25-16-20-11-8-7-9-12-20/h7-9,11-12,15,21,25H,3-6,10,13-14,16-17,23-24H2,1-2H3/b22-15-. The van der Waals surface area contributed by atoms with Gasteiger partial charge < -0.3 is 20.9 Å². The Balaban J connectivity index is 1.95. The molecule has 0 radical (unpaired) electrons. The summed E-state index contributed by atoms with van der Waals surface area (Å²) in [6.07, 6.45) is 3.76. The molecule has 1 unspecified atom stereocenters. The summed E-state index contributed by atoms with van der Waals surface area (Å²) in [5.41, 5.74) is 9.10. The molecule has 1 fully saturated rings. The zero-order chi connectivity index (χ0) is 20.5. The van der Waals surface area contributed by atoms with Crippen LogP contribution in [0.15, 0.2) is 66.9 Å². The number of hydrogen-bond donors (Lipinski definition) is 3. The van der Waals surface area contributed by atoms with Crippen LogP contribution >= 0.6 is 0 Å². The second-order valence-corrected chi connectivity index (χ2v) is 7.11. The second kappa shape index (κ2) is 10.7. The molecule has 1 aliphatic heterocycles. The minimum atomic E-state index is 0.239.